The highest BCUT2D eigenvalue weighted by molar-refractivity contribution is 5.93. The molecule has 2 aliphatic heterocycles. The molecule has 0 aromatic heterocycles. The molecule has 4 aromatic rings. The minimum atomic E-state index is -1.05. The fourth-order valence-electron chi connectivity index (χ4n) is 18.5. The van der Waals surface area contributed by atoms with Crippen LogP contribution >= 0.6 is 0 Å². The van der Waals surface area contributed by atoms with E-state index < -0.39 is 119 Å². The van der Waals surface area contributed by atoms with Crippen molar-refractivity contribution in [2.75, 3.05) is 102 Å². The van der Waals surface area contributed by atoms with Crippen LogP contribution in [-0.2, 0) is 99.0 Å². The fourth-order valence-corrected chi connectivity index (χ4v) is 18.5. The Morgan fingerprint density at radius 3 is 1.19 bits per heavy atom. The van der Waals surface area contributed by atoms with E-state index in [4.69, 9.17) is 24.7 Å². The second-order valence-corrected chi connectivity index (χ2v) is 36.8. The Morgan fingerprint density at radius 2 is 0.835 bits per heavy atom. The van der Waals surface area contributed by atoms with Crippen LogP contribution < -0.4 is 37.6 Å². The van der Waals surface area contributed by atoms with Crippen molar-refractivity contribution in [1.82, 2.24) is 61.3 Å². The number of benzene rings is 4. The summed E-state index contributed by atoms with van der Waals surface area (Å²) in [5.41, 5.74) is 10.9. The van der Waals surface area contributed by atoms with Crippen molar-refractivity contribution in [1.29, 1.82) is 0 Å². The number of hydrogen-bond donors (Lipinski definition) is 7. The lowest BCUT2D eigenvalue weighted by Gasteiger charge is -2.41. The van der Waals surface area contributed by atoms with Gasteiger partial charge in [0.25, 0.3) is 5.69 Å². The van der Waals surface area contributed by atoms with Crippen LogP contribution in [0.4, 0.5) is 11.4 Å². The summed E-state index contributed by atoms with van der Waals surface area (Å²) in [6.07, 6.45) is 2.32. The van der Waals surface area contributed by atoms with Gasteiger partial charge < -0.3 is 76.2 Å². The molecular formula is C97H152N14O16. The number of nitrogens with one attached hydrogen (secondary N) is 6. The van der Waals surface area contributed by atoms with Gasteiger partial charge in [0, 0.05) is 106 Å². The monoisotopic (exact) mass is 1770 g/mol. The first-order chi connectivity index (χ1) is 60.2. The molecule has 2 saturated heterocycles. The molecule has 30 heteroatoms. The first kappa shape index (κ1) is 106. The Bertz CT molecular complexity index is 4150. The van der Waals surface area contributed by atoms with Gasteiger partial charge in [-0.05, 0) is 142 Å². The fraction of sp³-hybridized carbons (Fsp3) is 0.649. The molecule has 4 aromatic carbocycles. The van der Waals surface area contributed by atoms with E-state index in [9.17, 15) is 53.3 Å². The van der Waals surface area contributed by atoms with E-state index >= 15 is 4.79 Å². The van der Waals surface area contributed by atoms with Gasteiger partial charge in [0.2, 0.25) is 59.1 Å². The van der Waals surface area contributed by atoms with Crippen LogP contribution in [0.25, 0.3) is 0 Å². The van der Waals surface area contributed by atoms with Crippen LogP contribution in [0, 0.1) is 57.5 Å². The molecule has 6 rings (SSSR count). The summed E-state index contributed by atoms with van der Waals surface area (Å²) < 4.78 is 24.6. The molecule has 8 N–H and O–H groups in total. The summed E-state index contributed by atoms with van der Waals surface area (Å²) >= 11 is 0. The third-order valence-electron chi connectivity index (χ3n) is 26.1. The number of anilines is 1. The molecule has 706 valence electrons. The number of hydrogen-bond acceptors (Lipinski definition) is 19. The summed E-state index contributed by atoms with van der Waals surface area (Å²) in [7, 11) is 15.1. The third kappa shape index (κ3) is 30.1. The number of non-ortho nitro benzene ring substituents is 1. The molecule has 2 fully saturated rings. The smallest absolute Gasteiger partial charge is 0.269 e. The van der Waals surface area contributed by atoms with Gasteiger partial charge in [-0.25, -0.2) is 0 Å². The van der Waals surface area contributed by atoms with Crippen molar-refractivity contribution >= 4 is 70.4 Å². The van der Waals surface area contributed by atoms with Crippen LogP contribution in [0.5, 0.6) is 0 Å². The van der Waals surface area contributed by atoms with Gasteiger partial charge in [-0.2, -0.15) is 0 Å². The van der Waals surface area contributed by atoms with E-state index in [0.717, 1.165) is 22.3 Å². The second kappa shape index (κ2) is 51.7. The van der Waals surface area contributed by atoms with E-state index in [2.05, 4.69) is 31.9 Å². The molecule has 0 radical (unpaired) electrons. The largest absolute Gasteiger partial charge is 0.399 e. The number of nitrogens with two attached hydrogens (primary N) is 1. The molecule has 0 aliphatic carbocycles. The maximum atomic E-state index is 15.1. The summed E-state index contributed by atoms with van der Waals surface area (Å²) in [6, 6.07) is 23.6. The quantitative estimate of drug-likeness (QED) is 0.0123. The lowest BCUT2D eigenvalue weighted by atomic mass is 9.89. The molecular weight excluding hydrogens is 1620 g/mol. The van der Waals surface area contributed by atoms with Crippen LogP contribution in [0.3, 0.4) is 0 Å². The zero-order valence-corrected chi connectivity index (χ0v) is 80.0. The number of amides is 10. The molecule has 0 saturated carbocycles. The van der Waals surface area contributed by atoms with Crippen molar-refractivity contribution < 1.29 is 71.8 Å². The number of carbonyl (C=O) groups excluding carboxylic acids is 10. The van der Waals surface area contributed by atoms with Crippen molar-refractivity contribution in [2.24, 2.45) is 47.3 Å². The standard InChI is InChI=1S/C97H152N14O16/c1-24-63(11)86(107(18)96(120)82(59(3)4)103-94(118)84(61(7)8)105(15)16)78(124-20)57-80(112)109-52-29-33-76(109)88(126-22)65(13)90(114)101-74(55-70-39-43-72(98)44-40-70)92(116)100-51-48-68-35-37-69(38-36-68)49-54-106(17)85(62(9)10)95(119)104-83(60(5)6)97(121)108(19)87(64(12)25-2)79(125-21)58-81(113)110-53-30-34-77(110)89(127-23)66(14)91(115)102-75(56-71-41-45-73(46-42-71)111(122)123)93(117)99-50-47-67-31-27-26-28-32-67/h26-28,31-32,35-46,59-66,74-79,82-89H,24-25,29-30,33-34,47-58,98H2,1-23H3,(H,99,117)(H,100,116)(H,101,114)(H,102,115)(H,103,118)(H,104,119)/t63-,64-,65+,66+,74?,75?,76-,77-,78+,79+,82?,83?,84-,85-,86?,87?,88+,89+/m0/s1. The van der Waals surface area contributed by atoms with Crippen molar-refractivity contribution in [3.05, 3.63) is 141 Å². The Balaban J connectivity index is 1.06. The number of nitrogen functional groups attached to an aromatic ring is 1. The highest BCUT2D eigenvalue weighted by Crippen LogP contribution is 2.34. The average Bonchev–Trinajstić information content (AvgIpc) is 1.70. The molecule has 2 aliphatic rings. The maximum Gasteiger partial charge on any atom is 0.269 e. The zero-order chi connectivity index (χ0) is 94.4. The highest BCUT2D eigenvalue weighted by atomic mass is 16.6. The molecule has 0 bridgehead atoms. The van der Waals surface area contributed by atoms with Crippen molar-refractivity contribution in [3.63, 3.8) is 0 Å². The maximum absolute atomic E-state index is 15.1. The molecule has 6 unspecified atom stereocenters. The number of likely N-dealkylation sites (tertiary alicyclic amines) is 2. The number of likely N-dealkylation sites (N-methyl/N-ethyl adjacent to an activating group) is 4. The normalized spacial score (nSPS) is 18.0. The molecule has 18 atom stereocenters. The van der Waals surface area contributed by atoms with Gasteiger partial charge in [-0.15, -0.1) is 0 Å². The molecule has 2 heterocycles. The minimum absolute atomic E-state index is 0.00679. The van der Waals surface area contributed by atoms with Gasteiger partial charge in [-0.1, -0.05) is 189 Å². The number of ether oxygens (including phenoxy) is 4. The summed E-state index contributed by atoms with van der Waals surface area (Å²) in [6.45, 7) is 28.8. The van der Waals surface area contributed by atoms with Gasteiger partial charge in [0.15, 0.2) is 0 Å². The molecule has 127 heavy (non-hydrogen) atoms. The van der Waals surface area contributed by atoms with Crippen LogP contribution in [-0.4, -0.2) is 275 Å². The number of rotatable bonds is 52. The Kier molecular flexibility index (Phi) is 43.2. The van der Waals surface area contributed by atoms with E-state index in [1.54, 1.807) is 78.9 Å². The SMILES string of the molecule is CC[C@H](C)C([C@@H](CC(=O)N1CCC[C@H]1[C@H](OC)[C@@H](C)C(=O)NC(Cc1ccc(N)cc1)C(=O)NCCc1ccc(CCN(C)[C@H](C(=O)NC(C(=O)N(C)C([C@@H](C)CC)[C@@H](CC(=O)N2CCC[C@H]2[C@H](OC)[C@@H](C)C(=O)NC(Cc2ccc([N+](=O)[O-])cc2)C(=O)NCCc2ccccc2)OC)C(C)C)C(C)C)cc1)OC)N(C)C(=O)C(NC(=O)[C@H](C(C)C)N(C)C)C(C)C. The first-order valence-electron chi connectivity index (χ1n) is 45.8. The van der Waals surface area contributed by atoms with Gasteiger partial charge in [-0.3, -0.25) is 67.9 Å². The number of carbonyl (C=O) groups is 10. The topological polar surface area (TPSA) is 368 Å². The van der Waals surface area contributed by atoms with Crippen LogP contribution in [0.1, 0.15) is 176 Å². The molecule has 10 amide bonds. The lowest BCUT2D eigenvalue weighted by Crippen LogP contribution is -2.60. The second-order valence-electron chi connectivity index (χ2n) is 36.8. The van der Waals surface area contributed by atoms with E-state index in [-0.39, 0.29) is 115 Å². The zero-order valence-electron chi connectivity index (χ0n) is 80.0. The Hall–Kier alpha value is -9.46. The molecule has 0 spiro atoms. The van der Waals surface area contributed by atoms with Crippen molar-refractivity contribution in [2.45, 2.75) is 265 Å². The lowest BCUT2D eigenvalue weighted by molar-refractivity contribution is -0.384. The third-order valence-corrected chi connectivity index (χ3v) is 26.1. The Labute approximate surface area is 755 Å². The summed E-state index contributed by atoms with van der Waals surface area (Å²) in [5, 5.41) is 29.7. The number of methoxy groups -OCH3 is 4. The minimum Gasteiger partial charge on any atom is -0.399 e. The van der Waals surface area contributed by atoms with Crippen LogP contribution in [0.15, 0.2) is 103 Å². The van der Waals surface area contributed by atoms with Gasteiger partial charge >= 0.3 is 0 Å². The Morgan fingerprint density at radius 1 is 0.465 bits per heavy atom. The number of nitrogens with zero attached hydrogens (tertiary/aromatic N) is 7. The summed E-state index contributed by atoms with van der Waals surface area (Å²) in [5.74, 6) is -6.02. The van der Waals surface area contributed by atoms with E-state index in [1.165, 1.54) is 33.5 Å². The number of nitro benzene ring substituents is 1. The van der Waals surface area contributed by atoms with Crippen LogP contribution in [0.2, 0.25) is 0 Å². The predicted octanol–water partition coefficient (Wildman–Crippen LogP) is 8.86. The first-order valence-corrected chi connectivity index (χ1v) is 45.8. The molecule has 30 nitrogen and oxygen atoms in total. The van der Waals surface area contributed by atoms with Gasteiger partial charge in [0.05, 0.1) is 90.3 Å². The predicted molar refractivity (Wildman–Crippen MR) is 495 cm³/mol. The van der Waals surface area contributed by atoms with Crippen molar-refractivity contribution in [3.8, 4) is 0 Å². The number of nitro groups is 1. The van der Waals surface area contributed by atoms with Gasteiger partial charge in [0.1, 0.15) is 24.2 Å². The average molecular weight is 1770 g/mol. The summed E-state index contributed by atoms with van der Waals surface area (Å²) in [4.78, 5) is 167. The van der Waals surface area contributed by atoms with E-state index in [1.807, 2.05) is 181 Å². The van der Waals surface area contributed by atoms with E-state index in [0.29, 0.717) is 95.2 Å². The highest BCUT2D eigenvalue weighted by Gasteiger charge is 2.47.